The maximum atomic E-state index is 13.0. The first-order valence-electron chi connectivity index (χ1n) is 7.97. The highest BCUT2D eigenvalue weighted by atomic mass is 19.1. The van der Waals surface area contributed by atoms with Crippen molar-refractivity contribution in [3.05, 3.63) is 65.5 Å². The maximum Gasteiger partial charge on any atom is 0.305 e. The number of benzene rings is 2. The molecule has 2 aromatic carbocycles. The van der Waals surface area contributed by atoms with Gasteiger partial charge in [0.2, 0.25) is 0 Å². The van der Waals surface area contributed by atoms with Crippen LogP contribution in [0.2, 0.25) is 0 Å². The van der Waals surface area contributed by atoms with Crippen LogP contribution in [-0.2, 0) is 16.0 Å². The maximum absolute atomic E-state index is 13.0. The fraction of sp³-hybridized carbons (Fsp3) is 0.263. The molecule has 0 saturated heterocycles. The van der Waals surface area contributed by atoms with Crippen LogP contribution in [0.15, 0.2) is 48.5 Å². The number of ether oxygens (including phenoxy) is 1. The molecule has 0 aliphatic carbocycles. The van der Waals surface area contributed by atoms with Gasteiger partial charge in [-0.25, -0.2) is 4.39 Å². The van der Waals surface area contributed by atoms with Crippen LogP contribution >= 0.6 is 0 Å². The van der Waals surface area contributed by atoms with Crippen molar-refractivity contribution in [2.75, 3.05) is 6.61 Å². The van der Waals surface area contributed by atoms with Gasteiger partial charge in [-0.1, -0.05) is 37.3 Å². The Bertz CT molecular complexity index is 730. The Morgan fingerprint density at radius 1 is 1.16 bits per heavy atom. The first kappa shape index (κ1) is 18.4. The summed E-state index contributed by atoms with van der Waals surface area (Å²) in [4.78, 5) is 23.2. The Morgan fingerprint density at radius 2 is 1.84 bits per heavy atom. The third-order valence-electron chi connectivity index (χ3n) is 3.70. The lowest BCUT2D eigenvalue weighted by Gasteiger charge is -2.18. The van der Waals surface area contributed by atoms with Crippen molar-refractivity contribution >= 4 is 11.9 Å². The molecule has 0 saturated carbocycles. The van der Waals surface area contributed by atoms with Gasteiger partial charge in [0, 0.05) is 0 Å². The van der Waals surface area contributed by atoms with E-state index in [1.54, 1.807) is 6.07 Å². The van der Waals surface area contributed by atoms with Gasteiger partial charge >= 0.3 is 5.97 Å². The van der Waals surface area contributed by atoms with E-state index < -0.39 is 23.7 Å². The monoisotopic (exact) mass is 345 g/mol. The molecule has 2 N–H and O–H groups in total. The molecule has 0 aliphatic heterocycles. The highest BCUT2D eigenvalue weighted by molar-refractivity contribution is 5.79. The quantitative estimate of drug-likeness (QED) is 0.771. The van der Waals surface area contributed by atoms with Gasteiger partial charge in [-0.05, 0) is 35.7 Å². The van der Waals surface area contributed by atoms with Crippen molar-refractivity contribution in [2.45, 2.75) is 25.8 Å². The van der Waals surface area contributed by atoms with Crippen molar-refractivity contribution in [1.29, 1.82) is 0 Å². The van der Waals surface area contributed by atoms with E-state index in [0.29, 0.717) is 11.3 Å². The summed E-state index contributed by atoms with van der Waals surface area (Å²) in [6.07, 6.45) is 0.470. The number of halogens is 1. The molecule has 2 aromatic rings. The zero-order chi connectivity index (χ0) is 18.2. The molecule has 0 radical (unpaired) electrons. The van der Waals surface area contributed by atoms with Crippen molar-refractivity contribution in [2.24, 2.45) is 0 Å². The summed E-state index contributed by atoms with van der Waals surface area (Å²) in [7, 11) is 0. The zero-order valence-electron chi connectivity index (χ0n) is 13.9. The van der Waals surface area contributed by atoms with Gasteiger partial charge in [0.15, 0.2) is 6.61 Å². The number of amides is 1. The van der Waals surface area contributed by atoms with Crippen molar-refractivity contribution in [3.8, 4) is 5.75 Å². The average Bonchev–Trinajstić information content (AvgIpc) is 2.60. The number of aryl methyl sites for hydroxylation is 1. The first-order valence-corrected chi connectivity index (χ1v) is 7.97. The SMILES string of the molecule is CCc1ccccc1OCC(=O)NC(CC(=O)O)c1ccc(F)cc1. The fourth-order valence-electron chi connectivity index (χ4n) is 2.44. The van der Waals surface area contributed by atoms with Crippen molar-refractivity contribution in [1.82, 2.24) is 5.32 Å². The van der Waals surface area contributed by atoms with Crippen LogP contribution in [0.25, 0.3) is 0 Å². The van der Waals surface area contributed by atoms with Crippen LogP contribution in [0.5, 0.6) is 5.75 Å². The van der Waals surface area contributed by atoms with Crippen LogP contribution in [0.4, 0.5) is 4.39 Å². The Hall–Kier alpha value is -2.89. The van der Waals surface area contributed by atoms with E-state index >= 15 is 0 Å². The highest BCUT2D eigenvalue weighted by Crippen LogP contribution is 2.19. The van der Waals surface area contributed by atoms with E-state index in [9.17, 15) is 14.0 Å². The molecule has 0 heterocycles. The van der Waals surface area contributed by atoms with Gasteiger partial charge in [-0.3, -0.25) is 9.59 Å². The standard InChI is InChI=1S/C19H20FNO4/c1-2-13-5-3-4-6-17(13)25-12-18(22)21-16(11-19(23)24)14-7-9-15(20)10-8-14/h3-10,16H,2,11-12H2,1H3,(H,21,22)(H,23,24). The van der Waals surface area contributed by atoms with E-state index in [0.717, 1.165) is 12.0 Å². The Labute approximate surface area is 145 Å². The van der Waals surface area contributed by atoms with Gasteiger partial charge in [0.05, 0.1) is 12.5 Å². The van der Waals surface area contributed by atoms with E-state index in [-0.39, 0.29) is 13.0 Å². The molecule has 5 nitrogen and oxygen atoms in total. The molecule has 6 heteroatoms. The smallest absolute Gasteiger partial charge is 0.305 e. The molecule has 132 valence electrons. The first-order chi connectivity index (χ1) is 12.0. The molecular weight excluding hydrogens is 325 g/mol. The summed E-state index contributed by atoms with van der Waals surface area (Å²) in [6.45, 7) is 1.76. The summed E-state index contributed by atoms with van der Waals surface area (Å²) in [6, 6.07) is 12.0. The van der Waals surface area contributed by atoms with Gasteiger partial charge in [0.1, 0.15) is 11.6 Å². The minimum absolute atomic E-state index is 0.228. The second kappa shape index (κ2) is 8.82. The molecule has 2 rings (SSSR count). The normalized spacial score (nSPS) is 11.6. The minimum Gasteiger partial charge on any atom is -0.483 e. The lowest BCUT2D eigenvalue weighted by atomic mass is 10.0. The van der Waals surface area contributed by atoms with Crippen LogP contribution in [0.3, 0.4) is 0 Å². The molecule has 0 aliphatic rings. The average molecular weight is 345 g/mol. The lowest BCUT2D eigenvalue weighted by Crippen LogP contribution is -2.34. The number of carboxylic acid groups (broad SMARTS) is 1. The molecule has 0 fully saturated rings. The Kier molecular flexibility index (Phi) is 6.51. The van der Waals surface area contributed by atoms with E-state index in [1.165, 1.54) is 24.3 Å². The number of hydrogen-bond donors (Lipinski definition) is 2. The number of carbonyl (C=O) groups is 2. The molecular formula is C19H20FNO4. The number of nitrogens with one attached hydrogen (secondary N) is 1. The fourth-order valence-corrected chi connectivity index (χ4v) is 2.44. The predicted octanol–water partition coefficient (Wildman–Crippen LogP) is 3.10. The van der Waals surface area contributed by atoms with Crippen molar-refractivity contribution in [3.63, 3.8) is 0 Å². The number of carbonyl (C=O) groups excluding carboxylic acids is 1. The summed E-state index contributed by atoms with van der Waals surface area (Å²) >= 11 is 0. The van der Waals surface area contributed by atoms with E-state index in [4.69, 9.17) is 9.84 Å². The molecule has 0 aromatic heterocycles. The molecule has 1 unspecified atom stereocenters. The van der Waals surface area contributed by atoms with Gasteiger partial charge < -0.3 is 15.2 Å². The summed E-state index contributed by atoms with van der Waals surface area (Å²) in [5.74, 6) is -1.31. The number of aliphatic carboxylic acids is 1. The minimum atomic E-state index is -1.06. The second-order valence-corrected chi connectivity index (χ2v) is 5.52. The largest absolute Gasteiger partial charge is 0.483 e. The van der Waals surface area contributed by atoms with Crippen LogP contribution in [-0.4, -0.2) is 23.6 Å². The topological polar surface area (TPSA) is 75.6 Å². The molecule has 25 heavy (non-hydrogen) atoms. The van der Waals surface area contributed by atoms with Gasteiger partial charge in [-0.15, -0.1) is 0 Å². The van der Waals surface area contributed by atoms with Crippen molar-refractivity contribution < 1.29 is 23.8 Å². The zero-order valence-corrected chi connectivity index (χ0v) is 13.9. The lowest BCUT2D eigenvalue weighted by molar-refractivity contribution is -0.137. The number of rotatable bonds is 8. The number of para-hydroxylation sites is 1. The van der Waals surface area contributed by atoms with Crippen LogP contribution < -0.4 is 10.1 Å². The summed E-state index contributed by atoms with van der Waals surface area (Å²) in [5.41, 5.74) is 1.50. The summed E-state index contributed by atoms with van der Waals surface area (Å²) in [5, 5.41) is 11.7. The molecule has 1 amide bonds. The van der Waals surface area contributed by atoms with Gasteiger partial charge in [-0.2, -0.15) is 0 Å². The third kappa shape index (κ3) is 5.60. The van der Waals surface area contributed by atoms with E-state index in [1.807, 2.05) is 25.1 Å². The predicted molar refractivity (Wildman–Crippen MR) is 90.9 cm³/mol. The number of hydrogen-bond acceptors (Lipinski definition) is 3. The Balaban J connectivity index is 2.01. The van der Waals surface area contributed by atoms with Gasteiger partial charge in [0.25, 0.3) is 5.91 Å². The van der Waals surface area contributed by atoms with E-state index in [2.05, 4.69) is 5.32 Å². The molecule has 0 spiro atoms. The highest BCUT2D eigenvalue weighted by Gasteiger charge is 2.18. The van der Waals surface area contributed by atoms with Crippen LogP contribution in [0, 0.1) is 5.82 Å². The summed E-state index contributed by atoms with van der Waals surface area (Å²) < 4.78 is 18.6. The van der Waals surface area contributed by atoms with Crippen LogP contribution in [0.1, 0.15) is 30.5 Å². The second-order valence-electron chi connectivity index (χ2n) is 5.52. The third-order valence-corrected chi connectivity index (χ3v) is 3.70. The number of carboxylic acids is 1. The Morgan fingerprint density at radius 3 is 2.48 bits per heavy atom. The molecule has 1 atom stereocenters. The molecule has 0 bridgehead atoms.